The second-order valence-electron chi connectivity index (χ2n) is 5.33. The van der Waals surface area contributed by atoms with E-state index in [1.807, 2.05) is 17.5 Å². The summed E-state index contributed by atoms with van der Waals surface area (Å²) >= 11 is 1.55. The molecule has 0 aliphatic carbocycles. The highest BCUT2D eigenvalue weighted by Crippen LogP contribution is 2.25. The molecule has 1 aliphatic rings. The lowest BCUT2D eigenvalue weighted by Crippen LogP contribution is -2.39. The standard InChI is InChI=1S/C14H23N3OS/c1-14(18,12-7-6-10-19-12)11-16-13(15)17-8-4-2-3-5-9-17/h6-7,10,18H,2-5,8-9,11H2,1H3,(H2,15,16). The Morgan fingerprint density at radius 3 is 2.68 bits per heavy atom. The summed E-state index contributed by atoms with van der Waals surface area (Å²) in [5, 5.41) is 12.4. The zero-order valence-corrected chi connectivity index (χ0v) is 12.3. The number of aliphatic hydroxyl groups is 1. The Kier molecular flexibility index (Phi) is 4.82. The fraction of sp³-hybridized carbons (Fsp3) is 0.643. The molecule has 1 aromatic rings. The molecule has 0 spiro atoms. The van der Waals surface area contributed by atoms with E-state index in [0.717, 1.165) is 18.0 Å². The highest BCUT2D eigenvalue weighted by molar-refractivity contribution is 7.10. The van der Waals surface area contributed by atoms with E-state index in [9.17, 15) is 5.11 Å². The lowest BCUT2D eigenvalue weighted by atomic mass is 10.1. The first-order chi connectivity index (χ1) is 9.09. The number of aliphatic imine (C=N–C) groups is 1. The number of nitrogens with zero attached hydrogens (tertiary/aromatic N) is 2. The molecule has 2 heterocycles. The highest BCUT2D eigenvalue weighted by atomic mass is 32.1. The van der Waals surface area contributed by atoms with Crippen LogP contribution in [0.4, 0.5) is 0 Å². The first-order valence-electron chi connectivity index (χ1n) is 6.91. The average molecular weight is 281 g/mol. The number of likely N-dealkylation sites (tertiary alicyclic amines) is 1. The van der Waals surface area contributed by atoms with Gasteiger partial charge in [0, 0.05) is 18.0 Å². The van der Waals surface area contributed by atoms with E-state index in [1.165, 1.54) is 25.7 Å². The van der Waals surface area contributed by atoms with Crippen molar-refractivity contribution >= 4 is 17.3 Å². The van der Waals surface area contributed by atoms with E-state index < -0.39 is 5.60 Å². The van der Waals surface area contributed by atoms with Crippen LogP contribution in [0.25, 0.3) is 0 Å². The predicted octanol–water partition coefficient (Wildman–Crippen LogP) is 2.15. The minimum atomic E-state index is -0.926. The maximum atomic E-state index is 10.4. The molecule has 1 aliphatic heterocycles. The second-order valence-corrected chi connectivity index (χ2v) is 6.27. The van der Waals surface area contributed by atoms with Crippen molar-refractivity contribution in [2.24, 2.45) is 10.7 Å². The van der Waals surface area contributed by atoms with Crippen LogP contribution in [-0.4, -0.2) is 35.6 Å². The summed E-state index contributed by atoms with van der Waals surface area (Å²) in [6.07, 6.45) is 4.91. The van der Waals surface area contributed by atoms with E-state index in [-0.39, 0.29) is 0 Å². The van der Waals surface area contributed by atoms with Gasteiger partial charge < -0.3 is 15.7 Å². The smallest absolute Gasteiger partial charge is 0.191 e. The minimum absolute atomic E-state index is 0.315. The molecule has 0 aromatic carbocycles. The van der Waals surface area contributed by atoms with Crippen LogP contribution in [0.5, 0.6) is 0 Å². The second kappa shape index (κ2) is 6.39. The lowest BCUT2D eigenvalue weighted by Gasteiger charge is -2.24. The van der Waals surface area contributed by atoms with Crippen molar-refractivity contribution in [3.63, 3.8) is 0 Å². The first-order valence-corrected chi connectivity index (χ1v) is 7.79. The van der Waals surface area contributed by atoms with Gasteiger partial charge in [-0.3, -0.25) is 0 Å². The molecule has 106 valence electrons. The van der Waals surface area contributed by atoms with E-state index in [2.05, 4.69) is 9.89 Å². The van der Waals surface area contributed by atoms with Gasteiger partial charge in [-0.15, -0.1) is 11.3 Å². The summed E-state index contributed by atoms with van der Waals surface area (Å²) in [6.45, 7) is 4.07. The van der Waals surface area contributed by atoms with E-state index in [0.29, 0.717) is 12.5 Å². The Labute approximate surface area is 119 Å². The van der Waals surface area contributed by atoms with Crippen molar-refractivity contribution in [2.45, 2.75) is 38.2 Å². The van der Waals surface area contributed by atoms with Crippen LogP contribution < -0.4 is 5.73 Å². The Bertz CT molecular complexity index is 406. The Morgan fingerprint density at radius 2 is 2.11 bits per heavy atom. The van der Waals surface area contributed by atoms with E-state index in [4.69, 9.17) is 5.73 Å². The molecule has 0 bridgehead atoms. The SMILES string of the molecule is CC(O)(CN=C(N)N1CCCCCC1)c1cccs1. The van der Waals surface area contributed by atoms with Crippen molar-refractivity contribution in [3.05, 3.63) is 22.4 Å². The molecule has 1 saturated heterocycles. The molecule has 0 amide bonds. The monoisotopic (exact) mass is 281 g/mol. The number of guanidine groups is 1. The molecule has 1 aromatic heterocycles. The van der Waals surface area contributed by atoms with Crippen LogP contribution in [-0.2, 0) is 5.60 Å². The van der Waals surface area contributed by atoms with Crippen molar-refractivity contribution < 1.29 is 5.11 Å². The third-order valence-electron chi connectivity index (χ3n) is 3.53. The molecule has 1 unspecified atom stereocenters. The van der Waals surface area contributed by atoms with Gasteiger partial charge in [0.2, 0.25) is 0 Å². The van der Waals surface area contributed by atoms with Gasteiger partial charge in [-0.1, -0.05) is 18.9 Å². The van der Waals surface area contributed by atoms with E-state index in [1.54, 1.807) is 18.3 Å². The molecular weight excluding hydrogens is 258 g/mol. The van der Waals surface area contributed by atoms with Gasteiger partial charge in [0.1, 0.15) is 5.60 Å². The molecule has 1 atom stereocenters. The van der Waals surface area contributed by atoms with Gasteiger partial charge in [0.05, 0.1) is 6.54 Å². The summed E-state index contributed by atoms with van der Waals surface area (Å²) in [5.74, 6) is 0.568. The Balaban J connectivity index is 1.97. The number of hydrogen-bond acceptors (Lipinski definition) is 3. The third kappa shape index (κ3) is 3.94. The number of rotatable bonds is 3. The maximum absolute atomic E-state index is 10.4. The number of nitrogens with two attached hydrogens (primary N) is 1. The fourth-order valence-electron chi connectivity index (χ4n) is 2.30. The van der Waals surface area contributed by atoms with Crippen LogP contribution in [0, 0.1) is 0 Å². The average Bonchev–Trinajstić information content (AvgIpc) is 2.80. The summed E-state index contributed by atoms with van der Waals surface area (Å²) < 4.78 is 0. The molecule has 0 radical (unpaired) electrons. The normalized spacial score (nSPS) is 20.9. The molecule has 1 fully saturated rings. The van der Waals surface area contributed by atoms with Crippen molar-refractivity contribution in [3.8, 4) is 0 Å². The minimum Gasteiger partial charge on any atom is -0.383 e. The van der Waals surface area contributed by atoms with Crippen molar-refractivity contribution in [2.75, 3.05) is 19.6 Å². The van der Waals surface area contributed by atoms with Crippen LogP contribution in [0.15, 0.2) is 22.5 Å². The zero-order chi connectivity index (χ0) is 13.7. The predicted molar refractivity (Wildman–Crippen MR) is 80.4 cm³/mol. The van der Waals surface area contributed by atoms with Gasteiger partial charge in [0.15, 0.2) is 5.96 Å². The highest BCUT2D eigenvalue weighted by Gasteiger charge is 2.24. The summed E-state index contributed by atoms with van der Waals surface area (Å²) in [4.78, 5) is 7.46. The molecule has 3 N–H and O–H groups in total. The van der Waals surface area contributed by atoms with Gasteiger partial charge in [0.25, 0.3) is 0 Å². The van der Waals surface area contributed by atoms with Gasteiger partial charge in [-0.2, -0.15) is 0 Å². The number of hydrogen-bond donors (Lipinski definition) is 2. The number of thiophene rings is 1. The molecule has 0 saturated carbocycles. The van der Waals surface area contributed by atoms with Crippen molar-refractivity contribution in [1.82, 2.24) is 4.90 Å². The molecule has 4 nitrogen and oxygen atoms in total. The van der Waals surface area contributed by atoms with Gasteiger partial charge in [-0.05, 0) is 31.2 Å². The quantitative estimate of drug-likeness (QED) is 0.659. The first kappa shape index (κ1) is 14.3. The summed E-state index contributed by atoms with van der Waals surface area (Å²) in [6, 6.07) is 3.87. The Hall–Kier alpha value is -1.07. The largest absolute Gasteiger partial charge is 0.383 e. The summed E-state index contributed by atoms with van der Waals surface area (Å²) in [5.41, 5.74) is 5.12. The van der Waals surface area contributed by atoms with Crippen LogP contribution in [0.3, 0.4) is 0 Å². The lowest BCUT2D eigenvalue weighted by molar-refractivity contribution is 0.0709. The van der Waals surface area contributed by atoms with Crippen LogP contribution in [0.1, 0.15) is 37.5 Å². The summed E-state index contributed by atoms with van der Waals surface area (Å²) in [7, 11) is 0. The molecule has 2 rings (SSSR count). The third-order valence-corrected chi connectivity index (χ3v) is 4.65. The fourth-order valence-corrected chi connectivity index (χ4v) is 3.08. The molecule has 5 heteroatoms. The zero-order valence-electron chi connectivity index (χ0n) is 11.5. The van der Waals surface area contributed by atoms with Gasteiger partial charge >= 0.3 is 0 Å². The maximum Gasteiger partial charge on any atom is 0.191 e. The Morgan fingerprint density at radius 1 is 1.42 bits per heavy atom. The van der Waals surface area contributed by atoms with Crippen LogP contribution in [0.2, 0.25) is 0 Å². The topological polar surface area (TPSA) is 61.9 Å². The van der Waals surface area contributed by atoms with Crippen LogP contribution >= 0.6 is 11.3 Å². The van der Waals surface area contributed by atoms with Gasteiger partial charge in [-0.25, -0.2) is 4.99 Å². The van der Waals surface area contributed by atoms with Crippen molar-refractivity contribution in [1.29, 1.82) is 0 Å². The molecular formula is C14H23N3OS. The molecule has 19 heavy (non-hydrogen) atoms. The van der Waals surface area contributed by atoms with E-state index >= 15 is 0 Å².